The normalized spacial score (nSPS) is 9.94. The van der Waals surface area contributed by atoms with Crippen LogP contribution in [0.3, 0.4) is 0 Å². The van der Waals surface area contributed by atoms with E-state index in [1.165, 1.54) is 0 Å². The highest BCUT2D eigenvalue weighted by Crippen LogP contribution is 2.23. The second kappa shape index (κ2) is 4.67. The first-order valence-corrected chi connectivity index (χ1v) is 4.17. The third-order valence-corrected chi connectivity index (χ3v) is 1.94. The number of nitrogens with zero attached hydrogens (tertiary/aromatic N) is 1. The van der Waals surface area contributed by atoms with Crippen molar-refractivity contribution in [1.29, 1.82) is 0 Å². The lowest BCUT2D eigenvalue weighted by molar-refractivity contribution is -0.385. The fraction of sp³-hybridized carbons (Fsp3) is 0.222. The molecular formula is C9H8FNO5. The van der Waals surface area contributed by atoms with Gasteiger partial charge in [-0.2, -0.15) is 0 Å². The Morgan fingerprint density at radius 2 is 2.25 bits per heavy atom. The molecule has 0 aliphatic heterocycles. The number of carbonyl (C=O) groups excluding carboxylic acids is 1. The van der Waals surface area contributed by atoms with Crippen LogP contribution in [0.25, 0.3) is 0 Å². The molecule has 6 nitrogen and oxygen atoms in total. The van der Waals surface area contributed by atoms with E-state index in [2.05, 4.69) is 4.74 Å². The molecule has 0 amide bonds. The van der Waals surface area contributed by atoms with Crippen molar-refractivity contribution >= 4 is 11.7 Å². The van der Waals surface area contributed by atoms with Gasteiger partial charge in [-0.15, -0.1) is 0 Å². The van der Waals surface area contributed by atoms with Crippen molar-refractivity contribution in [3.05, 3.63) is 39.2 Å². The van der Waals surface area contributed by atoms with Crippen molar-refractivity contribution in [1.82, 2.24) is 0 Å². The lowest BCUT2D eigenvalue weighted by atomic mass is 10.1. The molecule has 0 aromatic heterocycles. The number of aliphatic hydroxyl groups is 1. The van der Waals surface area contributed by atoms with Gasteiger partial charge >= 0.3 is 5.97 Å². The van der Waals surface area contributed by atoms with Gasteiger partial charge in [0.2, 0.25) is 0 Å². The zero-order chi connectivity index (χ0) is 12.3. The Morgan fingerprint density at radius 3 is 2.69 bits per heavy atom. The van der Waals surface area contributed by atoms with Crippen LogP contribution in [0.5, 0.6) is 0 Å². The van der Waals surface area contributed by atoms with Gasteiger partial charge in [-0.25, -0.2) is 9.18 Å². The van der Waals surface area contributed by atoms with Crippen LogP contribution in [0.15, 0.2) is 12.1 Å². The smallest absolute Gasteiger partial charge is 0.344 e. The third kappa shape index (κ3) is 2.14. The molecule has 0 unspecified atom stereocenters. The summed E-state index contributed by atoms with van der Waals surface area (Å²) < 4.78 is 17.5. The molecule has 1 rings (SSSR count). The third-order valence-electron chi connectivity index (χ3n) is 1.94. The maximum Gasteiger partial charge on any atom is 0.344 e. The number of aliphatic hydroxyl groups excluding tert-OH is 1. The van der Waals surface area contributed by atoms with Gasteiger partial charge in [-0.1, -0.05) is 0 Å². The van der Waals surface area contributed by atoms with Crippen LogP contribution >= 0.6 is 0 Å². The molecular weight excluding hydrogens is 221 g/mol. The van der Waals surface area contributed by atoms with E-state index >= 15 is 0 Å². The molecule has 1 N–H and O–H groups in total. The average molecular weight is 229 g/mol. The average Bonchev–Trinajstić information content (AvgIpc) is 2.27. The van der Waals surface area contributed by atoms with Crippen LogP contribution in [0.1, 0.15) is 15.9 Å². The second-order valence-corrected chi connectivity index (χ2v) is 2.87. The van der Waals surface area contributed by atoms with Crippen molar-refractivity contribution in [2.75, 3.05) is 7.11 Å². The quantitative estimate of drug-likeness (QED) is 0.474. The Bertz CT molecular complexity index is 446. The van der Waals surface area contributed by atoms with E-state index in [-0.39, 0.29) is 5.56 Å². The summed E-state index contributed by atoms with van der Waals surface area (Å²) in [5.41, 5.74) is -1.33. The van der Waals surface area contributed by atoms with E-state index in [0.29, 0.717) is 6.07 Å². The lowest BCUT2D eigenvalue weighted by Gasteiger charge is -2.04. The minimum absolute atomic E-state index is 0.251. The van der Waals surface area contributed by atoms with E-state index in [9.17, 15) is 19.3 Å². The largest absolute Gasteiger partial charge is 0.465 e. The van der Waals surface area contributed by atoms with Crippen LogP contribution in [0, 0.1) is 15.9 Å². The fourth-order valence-corrected chi connectivity index (χ4v) is 1.15. The zero-order valence-electron chi connectivity index (χ0n) is 8.27. The summed E-state index contributed by atoms with van der Waals surface area (Å²) in [6, 6.07) is 1.48. The predicted octanol–water partition coefficient (Wildman–Crippen LogP) is 1.01. The molecule has 0 fully saturated rings. The Labute approximate surface area is 89.4 Å². The Balaban J connectivity index is 3.42. The molecule has 0 aliphatic rings. The summed E-state index contributed by atoms with van der Waals surface area (Å²) in [6.45, 7) is -0.686. The molecule has 0 saturated carbocycles. The van der Waals surface area contributed by atoms with Gasteiger partial charge in [0.1, 0.15) is 11.4 Å². The van der Waals surface area contributed by atoms with Crippen molar-refractivity contribution < 1.29 is 24.0 Å². The van der Waals surface area contributed by atoms with Crippen molar-refractivity contribution in [2.24, 2.45) is 0 Å². The summed E-state index contributed by atoms with van der Waals surface area (Å²) in [5, 5.41) is 19.3. The first-order chi connectivity index (χ1) is 7.51. The van der Waals surface area contributed by atoms with Crippen LogP contribution in [0.4, 0.5) is 10.1 Å². The van der Waals surface area contributed by atoms with Gasteiger partial charge in [0, 0.05) is 11.6 Å². The van der Waals surface area contributed by atoms with Gasteiger partial charge in [0.25, 0.3) is 5.69 Å². The van der Waals surface area contributed by atoms with Gasteiger partial charge in [-0.3, -0.25) is 10.1 Å². The van der Waals surface area contributed by atoms with Gasteiger partial charge in [-0.05, 0) is 6.07 Å². The number of hydrogen-bond donors (Lipinski definition) is 1. The lowest BCUT2D eigenvalue weighted by Crippen LogP contribution is -2.08. The first-order valence-electron chi connectivity index (χ1n) is 4.17. The summed E-state index contributed by atoms with van der Waals surface area (Å²) in [5.74, 6) is -1.90. The number of rotatable bonds is 3. The van der Waals surface area contributed by atoms with Gasteiger partial charge in [0.15, 0.2) is 0 Å². The number of methoxy groups -OCH3 is 1. The van der Waals surface area contributed by atoms with E-state index in [1.807, 2.05) is 0 Å². The van der Waals surface area contributed by atoms with Crippen molar-refractivity contribution in [2.45, 2.75) is 6.61 Å². The molecule has 0 saturated heterocycles. The topological polar surface area (TPSA) is 89.7 Å². The fourth-order valence-electron chi connectivity index (χ4n) is 1.15. The van der Waals surface area contributed by atoms with Crippen LogP contribution in [-0.4, -0.2) is 23.1 Å². The second-order valence-electron chi connectivity index (χ2n) is 2.87. The number of benzene rings is 1. The Morgan fingerprint density at radius 1 is 1.62 bits per heavy atom. The molecule has 0 bridgehead atoms. The summed E-state index contributed by atoms with van der Waals surface area (Å²) in [7, 11) is 1.03. The molecule has 86 valence electrons. The molecule has 0 radical (unpaired) electrons. The maximum absolute atomic E-state index is 13.2. The minimum atomic E-state index is -1.00. The van der Waals surface area contributed by atoms with Gasteiger partial charge < -0.3 is 9.84 Å². The predicted molar refractivity (Wildman–Crippen MR) is 50.3 cm³/mol. The van der Waals surface area contributed by atoms with Crippen molar-refractivity contribution in [3.63, 3.8) is 0 Å². The number of hydrogen-bond acceptors (Lipinski definition) is 5. The van der Waals surface area contributed by atoms with Crippen molar-refractivity contribution in [3.8, 4) is 0 Å². The summed E-state index contributed by atoms with van der Waals surface area (Å²) in [4.78, 5) is 20.9. The molecule has 1 aromatic carbocycles. The monoisotopic (exact) mass is 229 g/mol. The number of ether oxygens (including phenoxy) is 1. The van der Waals surface area contributed by atoms with E-state index in [1.54, 1.807) is 0 Å². The number of nitro benzene ring substituents is 1. The molecule has 7 heteroatoms. The molecule has 0 atom stereocenters. The zero-order valence-corrected chi connectivity index (χ0v) is 8.27. The number of esters is 1. The summed E-state index contributed by atoms with van der Waals surface area (Å²) >= 11 is 0. The van der Waals surface area contributed by atoms with Crippen LogP contribution in [-0.2, 0) is 11.3 Å². The first kappa shape index (κ1) is 12.1. The highest BCUT2D eigenvalue weighted by atomic mass is 19.1. The highest BCUT2D eigenvalue weighted by Gasteiger charge is 2.23. The molecule has 0 aliphatic carbocycles. The standard InChI is InChI=1S/C9H8FNO5/c1-16-9(13)6-3-7(10)5(4-12)2-8(6)11(14)15/h2-3,12H,4H2,1H3. The van der Waals surface area contributed by atoms with E-state index < -0.39 is 34.6 Å². The Kier molecular flexibility index (Phi) is 3.51. The molecule has 1 aromatic rings. The molecule has 16 heavy (non-hydrogen) atoms. The number of halogens is 1. The van der Waals surface area contributed by atoms with E-state index in [4.69, 9.17) is 5.11 Å². The van der Waals surface area contributed by atoms with Crippen LogP contribution < -0.4 is 0 Å². The number of nitro groups is 1. The molecule has 0 heterocycles. The molecule has 0 spiro atoms. The van der Waals surface area contributed by atoms with Gasteiger partial charge in [0.05, 0.1) is 18.6 Å². The summed E-state index contributed by atoms with van der Waals surface area (Å²) in [6.07, 6.45) is 0. The highest BCUT2D eigenvalue weighted by molar-refractivity contribution is 5.94. The SMILES string of the molecule is COC(=O)c1cc(F)c(CO)cc1[N+](=O)[O-]. The number of carbonyl (C=O) groups is 1. The van der Waals surface area contributed by atoms with E-state index in [0.717, 1.165) is 13.2 Å². The minimum Gasteiger partial charge on any atom is -0.465 e. The maximum atomic E-state index is 13.2. The Hall–Kier alpha value is -2.02. The van der Waals surface area contributed by atoms with Crippen LogP contribution in [0.2, 0.25) is 0 Å².